The third-order valence-corrected chi connectivity index (χ3v) is 4.11. The first-order valence-electron chi connectivity index (χ1n) is 6.75. The van der Waals surface area contributed by atoms with Gasteiger partial charge in [0.1, 0.15) is 6.61 Å². The van der Waals surface area contributed by atoms with Gasteiger partial charge in [0.25, 0.3) is 0 Å². The summed E-state index contributed by atoms with van der Waals surface area (Å²) in [5.41, 5.74) is 0.205. The van der Waals surface area contributed by atoms with E-state index in [-0.39, 0.29) is 6.61 Å². The Hall–Kier alpha value is -2.02. The number of alkyl halides is 3. The first-order chi connectivity index (χ1) is 10.9. The van der Waals surface area contributed by atoms with Gasteiger partial charge < -0.3 is 4.74 Å². The molecule has 2 aromatic carbocycles. The van der Waals surface area contributed by atoms with E-state index < -0.39 is 23.9 Å². The molecule has 1 amide bonds. The lowest BCUT2D eigenvalue weighted by Crippen LogP contribution is -2.27. The molecule has 7 heteroatoms. The fourth-order valence-electron chi connectivity index (χ4n) is 2.48. The van der Waals surface area contributed by atoms with Crippen LogP contribution >= 0.6 is 15.9 Å². The molecule has 1 aliphatic heterocycles. The van der Waals surface area contributed by atoms with Crippen molar-refractivity contribution < 1.29 is 22.7 Å². The van der Waals surface area contributed by atoms with Gasteiger partial charge >= 0.3 is 12.3 Å². The van der Waals surface area contributed by atoms with E-state index in [0.717, 1.165) is 16.6 Å². The molecule has 1 fully saturated rings. The van der Waals surface area contributed by atoms with Gasteiger partial charge in [0.15, 0.2) is 0 Å². The fraction of sp³-hybridized carbons (Fsp3) is 0.188. The van der Waals surface area contributed by atoms with E-state index in [4.69, 9.17) is 4.74 Å². The predicted molar refractivity (Wildman–Crippen MR) is 82.2 cm³/mol. The number of hydrogen-bond donors (Lipinski definition) is 0. The van der Waals surface area contributed by atoms with E-state index in [1.807, 2.05) is 0 Å². The molecule has 0 aromatic heterocycles. The zero-order chi connectivity index (χ0) is 16.6. The summed E-state index contributed by atoms with van der Waals surface area (Å²) in [6, 6.07) is 11.3. The summed E-state index contributed by atoms with van der Waals surface area (Å²) in [5.74, 6) is 0. The smallest absolute Gasteiger partial charge is 0.416 e. The lowest BCUT2D eigenvalue weighted by Gasteiger charge is -2.22. The van der Waals surface area contributed by atoms with Crippen molar-refractivity contribution in [3.63, 3.8) is 0 Å². The van der Waals surface area contributed by atoms with Gasteiger partial charge in [0, 0.05) is 10.2 Å². The number of cyclic esters (lactones) is 1. The Morgan fingerprint density at radius 3 is 2.48 bits per heavy atom. The molecular formula is C16H11BrF3NO2. The highest BCUT2D eigenvalue weighted by Gasteiger charge is 2.37. The minimum atomic E-state index is -4.43. The molecule has 1 aliphatic rings. The van der Waals surface area contributed by atoms with Crippen molar-refractivity contribution in [1.82, 2.24) is 0 Å². The number of halogens is 4. The van der Waals surface area contributed by atoms with E-state index in [1.165, 1.54) is 11.0 Å². The standard InChI is InChI=1S/C16H11BrF3NO2/c17-12-4-6-13(7-5-12)21-14(9-23-15(21)22)10-2-1-3-11(8-10)16(18,19)20/h1-8,14H,9H2/t14-/m1/s1. The van der Waals surface area contributed by atoms with E-state index in [1.54, 1.807) is 30.3 Å². The quantitative estimate of drug-likeness (QED) is 0.713. The lowest BCUT2D eigenvalue weighted by molar-refractivity contribution is -0.137. The molecule has 0 aliphatic carbocycles. The minimum absolute atomic E-state index is 0.0101. The second kappa shape index (κ2) is 5.88. The molecule has 0 unspecified atom stereocenters. The van der Waals surface area contributed by atoms with Crippen LogP contribution in [0.2, 0.25) is 0 Å². The summed E-state index contributed by atoms with van der Waals surface area (Å²) in [5, 5.41) is 0. The van der Waals surface area contributed by atoms with Crippen molar-refractivity contribution in [3.8, 4) is 0 Å². The summed E-state index contributed by atoms with van der Waals surface area (Å²) in [6.07, 6.45) is -5.00. The van der Waals surface area contributed by atoms with E-state index in [0.29, 0.717) is 11.3 Å². The molecule has 2 aromatic rings. The summed E-state index contributed by atoms with van der Waals surface area (Å²) >= 11 is 3.30. The number of nitrogens with zero attached hydrogens (tertiary/aromatic N) is 1. The Balaban J connectivity index is 1.98. The van der Waals surface area contributed by atoms with Crippen molar-refractivity contribution in [1.29, 1.82) is 0 Å². The van der Waals surface area contributed by atoms with Crippen LogP contribution < -0.4 is 4.90 Å². The van der Waals surface area contributed by atoms with Crippen molar-refractivity contribution >= 4 is 27.7 Å². The molecule has 0 radical (unpaired) electrons. The first-order valence-corrected chi connectivity index (χ1v) is 7.54. The Morgan fingerprint density at radius 1 is 1.13 bits per heavy atom. The van der Waals surface area contributed by atoms with Crippen LogP contribution in [0.4, 0.5) is 23.7 Å². The highest BCUT2D eigenvalue weighted by molar-refractivity contribution is 9.10. The largest absolute Gasteiger partial charge is 0.447 e. The normalized spacial score (nSPS) is 18.2. The molecular weight excluding hydrogens is 375 g/mol. The second-order valence-corrected chi connectivity index (χ2v) is 5.98. The van der Waals surface area contributed by atoms with Crippen molar-refractivity contribution in [2.75, 3.05) is 11.5 Å². The molecule has 0 saturated carbocycles. The zero-order valence-electron chi connectivity index (χ0n) is 11.7. The maximum atomic E-state index is 12.9. The molecule has 3 nitrogen and oxygen atoms in total. The minimum Gasteiger partial charge on any atom is -0.447 e. The monoisotopic (exact) mass is 385 g/mol. The number of carbonyl (C=O) groups is 1. The second-order valence-electron chi connectivity index (χ2n) is 5.06. The van der Waals surface area contributed by atoms with Gasteiger partial charge in [0.05, 0.1) is 11.6 Å². The molecule has 23 heavy (non-hydrogen) atoms. The molecule has 3 rings (SSSR count). The molecule has 0 N–H and O–H groups in total. The van der Waals surface area contributed by atoms with Crippen molar-refractivity contribution in [2.24, 2.45) is 0 Å². The third-order valence-electron chi connectivity index (χ3n) is 3.58. The van der Waals surface area contributed by atoms with Crippen molar-refractivity contribution in [2.45, 2.75) is 12.2 Å². The van der Waals surface area contributed by atoms with Gasteiger partial charge in [-0.15, -0.1) is 0 Å². The number of amides is 1. The maximum Gasteiger partial charge on any atom is 0.416 e. The topological polar surface area (TPSA) is 29.5 Å². The number of benzene rings is 2. The molecule has 0 bridgehead atoms. The Labute approximate surface area is 138 Å². The highest BCUT2D eigenvalue weighted by Crippen LogP contribution is 2.36. The Kier molecular flexibility index (Phi) is 4.06. The average Bonchev–Trinajstić information content (AvgIpc) is 2.89. The average molecular weight is 386 g/mol. The van der Waals surface area contributed by atoms with E-state index in [2.05, 4.69) is 15.9 Å². The zero-order valence-corrected chi connectivity index (χ0v) is 13.3. The first kappa shape index (κ1) is 15.9. The summed E-state index contributed by atoms with van der Waals surface area (Å²) in [4.78, 5) is 13.4. The maximum absolute atomic E-state index is 12.9. The van der Waals surface area contributed by atoms with E-state index >= 15 is 0 Å². The van der Waals surface area contributed by atoms with Gasteiger partial charge in [0.2, 0.25) is 0 Å². The fourth-order valence-corrected chi connectivity index (χ4v) is 2.74. The molecule has 0 spiro atoms. The van der Waals surface area contributed by atoms with Crippen molar-refractivity contribution in [3.05, 3.63) is 64.1 Å². The number of carbonyl (C=O) groups excluding carboxylic acids is 1. The molecule has 1 atom stereocenters. The van der Waals surface area contributed by atoms with Crippen LogP contribution in [-0.2, 0) is 10.9 Å². The van der Waals surface area contributed by atoms with Gasteiger partial charge in [-0.2, -0.15) is 13.2 Å². The Bertz CT molecular complexity index is 731. The van der Waals surface area contributed by atoms with Crippen LogP contribution in [0.3, 0.4) is 0 Å². The van der Waals surface area contributed by atoms with Crippen LogP contribution in [0.1, 0.15) is 17.2 Å². The number of anilines is 1. The van der Waals surface area contributed by atoms with Gasteiger partial charge in [-0.05, 0) is 42.0 Å². The molecule has 1 heterocycles. The number of hydrogen-bond acceptors (Lipinski definition) is 2. The SMILES string of the molecule is O=C1OC[C@H](c2cccc(C(F)(F)F)c2)N1c1ccc(Br)cc1. The Morgan fingerprint density at radius 2 is 1.83 bits per heavy atom. The highest BCUT2D eigenvalue weighted by atomic mass is 79.9. The summed E-state index contributed by atoms with van der Waals surface area (Å²) in [7, 11) is 0. The van der Waals surface area contributed by atoms with Crippen LogP contribution in [0.5, 0.6) is 0 Å². The number of ether oxygens (including phenoxy) is 1. The van der Waals surface area contributed by atoms with Gasteiger partial charge in [-0.25, -0.2) is 4.79 Å². The predicted octanol–water partition coefficient (Wildman–Crippen LogP) is 5.17. The van der Waals surface area contributed by atoms with Gasteiger partial charge in [-0.1, -0.05) is 28.1 Å². The molecule has 1 saturated heterocycles. The van der Waals surface area contributed by atoms with Gasteiger partial charge in [-0.3, -0.25) is 4.90 Å². The summed E-state index contributed by atoms with van der Waals surface area (Å²) in [6.45, 7) is 0.0101. The number of rotatable bonds is 2. The lowest BCUT2D eigenvalue weighted by atomic mass is 10.0. The van der Waals surface area contributed by atoms with E-state index in [9.17, 15) is 18.0 Å². The molecule has 120 valence electrons. The third kappa shape index (κ3) is 3.19. The van der Waals surface area contributed by atoms with Crippen LogP contribution in [0.15, 0.2) is 53.0 Å². The van der Waals surface area contributed by atoms with Crippen LogP contribution in [0, 0.1) is 0 Å². The summed E-state index contributed by atoms with van der Waals surface area (Å²) < 4.78 is 44.5. The van der Waals surface area contributed by atoms with Crippen LogP contribution in [-0.4, -0.2) is 12.7 Å². The van der Waals surface area contributed by atoms with Crippen LogP contribution in [0.25, 0.3) is 0 Å².